The van der Waals surface area contributed by atoms with Crippen LogP contribution in [-0.2, 0) is 4.74 Å². The van der Waals surface area contributed by atoms with Crippen LogP contribution in [0.15, 0.2) is 0 Å². The van der Waals surface area contributed by atoms with Gasteiger partial charge in [0.25, 0.3) is 0 Å². The quantitative estimate of drug-likeness (QED) is 0.632. The van der Waals surface area contributed by atoms with Gasteiger partial charge in [0.2, 0.25) is 0 Å². The average molecular weight is 169 g/mol. The number of fused-ring (bicyclic) bond motifs is 1. The number of nitrogens with zero attached hydrogens (tertiary/aromatic N) is 1. The second-order valence-electron chi connectivity index (χ2n) is 4.17. The van der Waals surface area contributed by atoms with Gasteiger partial charge in [-0.2, -0.15) is 0 Å². The molecule has 2 heteroatoms. The zero-order valence-corrected chi connectivity index (χ0v) is 7.96. The minimum Gasteiger partial charge on any atom is -0.381 e. The van der Waals surface area contributed by atoms with Gasteiger partial charge in [-0.25, -0.2) is 0 Å². The predicted molar refractivity (Wildman–Crippen MR) is 49.1 cm³/mol. The molecule has 70 valence electrons. The van der Waals surface area contributed by atoms with E-state index in [9.17, 15) is 0 Å². The predicted octanol–water partition coefficient (Wildman–Crippen LogP) is 1.36. The van der Waals surface area contributed by atoms with Crippen LogP contribution in [-0.4, -0.2) is 37.7 Å². The fraction of sp³-hybridized carbons (Fsp3) is 1.00. The minimum atomic E-state index is 0.863. The standard InChI is InChI=1S/C10H19NO/c1-2-3-4-11-5-9-7-12-8-10(9)6-11/h9-10H,2-8H2,1H3/t9-,10+. The maximum atomic E-state index is 5.44. The molecule has 2 atom stereocenters. The number of ether oxygens (including phenoxy) is 1. The Kier molecular flexibility index (Phi) is 2.66. The van der Waals surface area contributed by atoms with Crippen molar-refractivity contribution in [2.24, 2.45) is 11.8 Å². The van der Waals surface area contributed by atoms with E-state index < -0.39 is 0 Å². The Hall–Kier alpha value is -0.0800. The van der Waals surface area contributed by atoms with Crippen LogP contribution in [0.25, 0.3) is 0 Å². The lowest BCUT2D eigenvalue weighted by molar-refractivity contribution is 0.154. The lowest BCUT2D eigenvalue weighted by atomic mass is 10.0. The van der Waals surface area contributed by atoms with E-state index in [0.717, 1.165) is 25.0 Å². The van der Waals surface area contributed by atoms with Crippen molar-refractivity contribution in [2.75, 3.05) is 32.8 Å². The van der Waals surface area contributed by atoms with E-state index in [2.05, 4.69) is 11.8 Å². The molecule has 0 spiro atoms. The van der Waals surface area contributed by atoms with Crippen molar-refractivity contribution in [3.8, 4) is 0 Å². The molecule has 0 aliphatic carbocycles. The topological polar surface area (TPSA) is 12.5 Å². The van der Waals surface area contributed by atoms with Gasteiger partial charge in [-0.3, -0.25) is 0 Å². The van der Waals surface area contributed by atoms with Crippen molar-refractivity contribution in [2.45, 2.75) is 19.8 Å². The van der Waals surface area contributed by atoms with Gasteiger partial charge in [0, 0.05) is 24.9 Å². The molecule has 2 rings (SSSR count). The number of unbranched alkanes of at least 4 members (excludes halogenated alkanes) is 1. The Morgan fingerprint density at radius 3 is 2.50 bits per heavy atom. The molecule has 2 aliphatic heterocycles. The summed E-state index contributed by atoms with van der Waals surface area (Å²) in [5.41, 5.74) is 0. The van der Waals surface area contributed by atoms with E-state index in [1.54, 1.807) is 0 Å². The molecule has 0 amide bonds. The van der Waals surface area contributed by atoms with Crippen LogP contribution in [0, 0.1) is 11.8 Å². The van der Waals surface area contributed by atoms with Crippen LogP contribution in [0.1, 0.15) is 19.8 Å². The molecule has 0 radical (unpaired) electrons. The summed E-state index contributed by atoms with van der Waals surface area (Å²) in [5, 5.41) is 0. The Bertz CT molecular complexity index is 137. The summed E-state index contributed by atoms with van der Waals surface area (Å²) < 4.78 is 5.44. The van der Waals surface area contributed by atoms with Gasteiger partial charge in [0.05, 0.1) is 13.2 Å². The highest BCUT2D eigenvalue weighted by Crippen LogP contribution is 2.28. The van der Waals surface area contributed by atoms with Crippen molar-refractivity contribution in [3.63, 3.8) is 0 Å². The Labute approximate surface area is 74.9 Å². The smallest absolute Gasteiger partial charge is 0.0510 e. The van der Waals surface area contributed by atoms with E-state index in [0.29, 0.717) is 0 Å². The number of likely N-dealkylation sites (tertiary alicyclic amines) is 1. The van der Waals surface area contributed by atoms with E-state index >= 15 is 0 Å². The summed E-state index contributed by atoms with van der Waals surface area (Å²) in [6.45, 7) is 8.21. The van der Waals surface area contributed by atoms with Gasteiger partial charge in [0.1, 0.15) is 0 Å². The zero-order chi connectivity index (χ0) is 8.39. The molecule has 0 aromatic heterocycles. The maximum absolute atomic E-state index is 5.44. The van der Waals surface area contributed by atoms with E-state index in [4.69, 9.17) is 4.74 Å². The maximum Gasteiger partial charge on any atom is 0.0510 e. The molecule has 2 aliphatic rings. The Balaban J connectivity index is 1.75. The molecule has 0 aromatic rings. The summed E-state index contributed by atoms with van der Waals surface area (Å²) in [5.74, 6) is 1.73. The normalized spacial score (nSPS) is 35.8. The van der Waals surface area contributed by atoms with Crippen molar-refractivity contribution in [3.05, 3.63) is 0 Å². The molecule has 12 heavy (non-hydrogen) atoms. The third kappa shape index (κ3) is 1.64. The van der Waals surface area contributed by atoms with Crippen LogP contribution in [0.2, 0.25) is 0 Å². The molecular weight excluding hydrogens is 150 g/mol. The van der Waals surface area contributed by atoms with Crippen LogP contribution in [0.5, 0.6) is 0 Å². The van der Waals surface area contributed by atoms with Crippen LogP contribution < -0.4 is 0 Å². The number of rotatable bonds is 3. The third-order valence-corrected chi connectivity index (χ3v) is 3.14. The second kappa shape index (κ2) is 3.75. The van der Waals surface area contributed by atoms with Gasteiger partial charge in [-0.05, 0) is 13.0 Å². The van der Waals surface area contributed by atoms with Crippen LogP contribution in [0.3, 0.4) is 0 Å². The summed E-state index contributed by atoms with van der Waals surface area (Å²) in [6.07, 6.45) is 2.68. The van der Waals surface area contributed by atoms with Crippen LogP contribution >= 0.6 is 0 Å². The SMILES string of the molecule is CCCCN1C[C@H]2COC[C@H]2C1. The number of hydrogen-bond acceptors (Lipinski definition) is 2. The highest BCUT2D eigenvalue weighted by atomic mass is 16.5. The third-order valence-electron chi connectivity index (χ3n) is 3.14. The first kappa shape index (κ1) is 8.52. The lowest BCUT2D eigenvalue weighted by Gasteiger charge is -2.15. The fourth-order valence-electron chi connectivity index (χ4n) is 2.35. The number of hydrogen-bond donors (Lipinski definition) is 0. The van der Waals surface area contributed by atoms with Gasteiger partial charge in [-0.1, -0.05) is 13.3 Å². The molecule has 2 nitrogen and oxygen atoms in total. The van der Waals surface area contributed by atoms with Crippen LogP contribution in [0.4, 0.5) is 0 Å². The molecule has 0 N–H and O–H groups in total. The first-order valence-electron chi connectivity index (χ1n) is 5.20. The van der Waals surface area contributed by atoms with E-state index in [-0.39, 0.29) is 0 Å². The fourth-order valence-corrected chi connectivity index (χ4v) is 2.35. The second-order valence-corrected chi connectivity index (χ2v) is 4.17. The van der Waals surface area contributed by atoms with Crippen molar-refractivity contribution < 1.29 is 4.74 Å². The molecule has 0 saturated carbocycles. The van der Waals surface area contributed by atoms with E-state index in [1.807, 2.05) is 0 Å². The molecular formula is C10H19NO. The summed E-state index contributed by atoms with van der Waals surface area (Å²) in [4.78, 5) is 2.61. The zero-order valence-electron chi connectivity index (χ0n) is 7.96. The molecule has 2 heterocycles. The van der Waals surface area contributed by atoms with Gasteiger partial charge < -0.3 is 9.64 Å². The summed E-state index contributed by atoms with van der Waals surface area (Å²) in [7, 11) is 0. The summed E-state index contributed by atoms with van der Waals surface area (Å²) >= 11 is 0. The highest BCUT2D eigenvalue weighted by molar-refractivity contribution is 4.86. The first-order valence-corrected chi connectivity index (χ1v) is 5.20. The highest BCUT2D eigenvalue weighted by Gasteiger charge is 2.36. The minimum absolute atomic E-state index is 0.863. The largest absolute Gasteiger partial charge is 0.381 e. The summed E-state index contributed by atoms with van der Waals surface area (Å²) in [6, 6.07) is 0. The van der Waals surface area contributed by atoms with Gasteiger partial charge in [-0.15, -0.1) is 0 Å². The average Bonchev–Trinajstić information content (AvgIpc) is 2.58. The van der Waals surface area contributed by atoms with Crippen molar-refractivity contribution in [1.82, 2.24) is 4.90 Å². The molecule has 0 aromatic carbocycles. The van der Waals surface area contributed by atoms with Crippen molar-refractivity contribution in [1.29, 1.82) is 0 Å². The monoisotopic (exact) mass is 169 g/mol. The molecule has 0 unspecified atom stereocenters. The molecule has 2 saturated heterocycles. The molecule has 0 bridgehead atoms. The van der Waals surface area contributed by atoms with Gasteiger partial charge >= 0.3 is 0 Å². The van der Waals surface area contributed by atoms with E-state index in [1.165, 1.54) is 32.5 Å². The first-order chi connectivity index (χ1) is 5.90. The van der Waals surface area contributed by atoms with Gasteiger partial charge in [0.15, 0.2) is 0 Å². The Morgan fingerprint density at radius 1 is 1.25 bits per heavy atom. The Morgan fingerprint density at radius 2 is 1.92 bits per heavy atom. The van der Waals surface area contributed by atoms with Crippen molar-refractivity contribution >= 4 is 0 Å². The molecule has 2 fully saturated rings. The lowest BCUT2D eigenvalue weighted by Crippen LogP contribution is -2.23.